The molecule has 78 valence electrons. The molecular weight excluding hydrogens is 258 g/mol. The van der Waals surface area contributed by atoms with E-state index in [4.69, 9.17) is 0 Å². The average molecular weight is 274 g/mol. The molecule has 1 nitrogen and oxygen atoms in total. The number of nitrogens with one attached hydrogen (secondary N) is 1. The largest absolute Gasteiger partial charge is 0.309 e. The zero-order valence-corrected chi connectivity index (χ0v) is 10.8. The van der Waals surface area contributed by atoms with Gasteiger partial charge in [-0.1, -0.05) is 6.08 Å². The molecule has 0 aliphatic carbocycles. The van der Waals surface area contributed by atoms with E-state index in [-0.39, 0.29) is 0 Å². The second kappa shape index (κ2) is 6.38. The third kappa shape index (κ3) is 4.40. The fourth-order valence-electron chi connectivity index (χ4n) is 1.19. The van der Waals surface area contributed by atoms with Gasteiger partial charge in [-0.3, -0.25) is 0 Å². The monoisotopic (exact) mass is 273 g/mol. The highest BCUT2D eigenvalue weighted by molar-refractivity contribution is 9.11. The molecule has 1 unspecified atom stereocenters. The molecule has 0 aliphatic rings. The molecule has 1 rings (SSSR count). The van der Waals surface area contributed by atoms with Gasteiger partial charge < -0.3 is 5.32 Å². The summed E-state index contributed by atoms with van der Waals surface area (Å²) in [5.41, 5.74) is 0. The van der Waals surface area contributed by atoms with Crippen LogP contribution < -0.4 is 5.32 Å². The normalized spacial score (nSPS) is 12.7. The summed E-state index contributed by atoms with van der Waals surface area (Å²) in [5, 5.41) is 3.49. The molecule has 14 heavy (non-hydrogen) atoms. The Morgan fingerprint density at radius 1 is 1.64 bits per heavy atom. The highest BCUT2D eigenvalue weighted by Crippen LogP contribution is 2.21. The molecule has 0 bridgehead atoms. The molecule has 0 saturated heterocycles. The minimum Gasteiger partial charge on any atom is -0.309 e. The van der Waals surface area contributed by atoms with Gasteiger partial charge in [0.25, 0.3) is 0 Å². The lowest BCUT2D eigenvalue weighted by atomic mass is 10.2. The number of allylic oxidation sites excluding steroid dienone is 1. The maximum Gasteiger partial charge on any atom is 0.0701 e. The molecule has 1 heterocycles. The first-order valence-corrected chi connectivity index (χ1v) is 6.42. The van der Waals surface area contributed by atoms with Crippen molar-refractivity contribution in [2.45, 2.75) is 32.4 Å². The van der Waals surface area contributed by atoms with Crippen LogP contribution in [0.3, 0.4) is 0 Å². The van der Waals surface area contributed by atoms with Crippen molar-refractivity contribution in [2.75, 3.05) is 0 Å². The van der Waals surface area contributed by atoms with Crippen molar-refractivity contribution < 1.29 is 0 Å². The molecule has 0 saturated carbocycles. The number of halogens is 1. The van der Waals surface area contributed by atoms with Gasteiger partial charge in [0, 0.05) is 17.5 Å². The van der Waals surface area contributed by atoms with E-state index in [0.29, 0.717) is 6.04 Å². The Kier molecular flexibility index (Phi) is 5.45. The van der Waals surface area contributed by atoms with E-state index in [2.05, 4.69) is 46.9 Å². The van der Waals surface area contributed by atoms with Crippen LogP contribution in [0, 0.1) is 0 Å². The highest BCUT2D eigenvalue weighted by atomic mass is 79.9. The third-order valence-corrected chi connectivity index (χ3v) is 3.68. The first kappa shape index (κ1) is 12.0. The van der Waals surface area contributed by atoms with Crippen LogP contribution in [0.25, 0.3) is 0 Å². The summed E-state index contributed by atoms with van der Waals surface area (Å²) in [6, 6.07) is 4.81. The first-order chi connectivity index (χ1) is 6.72. The molecule has 0 spiro atoms. The molecule has 1 atom stereocenters. The van der Waals surface area contributed by atoms with Gasteiger partial charge in [0.1, 0.15) is 0 Å². The molecule has 0 amide bonds. The summed E-state index contributed by atoms with van der Waals surface area (Å²) < 4.78 is 1.20. The summed E-state index contributed by atoms with van der Waals surface area (Å²) in [6.45, 7) is 6.90. The van der Waals surface area contributed by atoms with Gasteiger partial charge in [-0.2, -0.15) is 0 Å². The second-order valence-corrected chi connectivity index (χ2v) is 5.90. The first-order valence-electron chi connectivity index (χ1n) is 4.81. The second-order valence-electron chi connectivity index (χ2n) is 3.35. The van der Waals surface area contributed by atoms with Gasteiger partial charge in [-0.25, -0.2) is 0 Å². The van der Waals surface area contributed by atoms with Gasteiger partial charge in [-0.05, 0) is 47.8 Å². The number of hydrogen-bond donors (Lipinski definition) is 1. The number of hydrogen-bond acceptors (Lipinski definition) is 2. The van der Waals surface area contributed by atoms with Crippen LogP contribution in [0.4, 0.5) is 0 Å². The zero-order chi connectivity index (χ0) is 10.4. The lowest BCUT2D eigenvalue weighted by Gasteiger charge is -2.11. The van der Waals surface area contributed by atoms with Crippen LogP contribution in [-0.2, 0) is 6.54 Å². The smallest absolute Gasteiger partial charge is 0.0701 e. The van der Waals surface area contributed by atoms with E-state index in [1.807, 2.05) is 6.08 Å². The standard InChI is InChI=1S/C11H16BrNS/c1-3-4-5-9(2)13-8-10-6-7-11(12)14-10/h3,6-7,9,13H,1,4-5,8H2,2H3. The summed E-state index contributed by atoms with van der Waals surface area (Å²) in [7, 11) is 0. The van der Waals surface area contributed by atoms with Crippen LogP contribution in [-0.4, -0.2) is 6.04 Å². The molecule has 1 aromatic heterocycles. The Labute approximate surface area is 98.4 Å². The zero-order valence-electron chi connectivity index (χ0n) is 8.42. The quantitative estimate of drug-likeness (QED) is 0.774. The van der Waals surface area contributed by atoms with E-state index >= 15 is 0 Å². The van der Waals surface area contributed by atoms with Gasteiger partial charge in [0.2, 0.25) is 0 Å². The molecule has 1 N–H and O–H groups in total. The average Bonchev–Trinajstić information content (AvgIpc) is 2.58. The Bertz CT molecular complexity index is 283. The minimum absolute atomic E-state index is 0.564. The van der Waals surface area contributed by atoms with Crippen molar-refractivity contribution >= 4 is 27.3 Å². The van der Waals surface area contributed by atoms with Crippen molar-refractivity contribution in [3.8, 4) is 0 Å². The predicted molar refractivity (Wildman–Crippen MR) is 67.8 cm³/mol. The van der Waals surface area contributed by atoms with E-state index in [1.165, 1.54) is 8.66 Å². The van der Waals surface area contributed by atoms with E-state index in [1.54, 1.807) is 11.3 Å². The van der Waals surface area contributed by atoms with Gasteiger partial charge in [-0.15, -0.1) is 17.9 Å². The van der Waals surface area contributed by atoms with E-state index < -0.39 is 0 Å². The molecule has 3 heteroatoms. The maximum atomic E-state index is 3.72. The molecule has 0 aliphatic heterocycles. The van der Waals surface area contributed by atoms with Crippen LogP contribution >= 0.6 is 27.3 Å². The van der Waals surface area contributed by atoms with Crippen molar-refractivity contribution in [1.82, 2.24) is 5.32 Å². The fraction of sp³-hybridized carbons (Fsp3) is 0.455. The Balaban J connectivity index is 2.23. The van der Waals surface area contributed by atoms with Crippen LogP contribution in [0.1, 0.15) is 24.6 Å². The number of rotatable bonds is 6. The van der Waals surface area contributed by atoms with Crippen molar-refractivity contribution in [3.63, 3.8) is 0 Å². The Hall–Kier alpha value is -0.120. The van der Waals surface area contributed by atoms with Crippen LogP contribution in [0.5, 0.6) is 0 Å². The lowest BCUT2D eigenvalue weighted by Crippen LogP contribution is -2.24. The Morgan fingerprint density at radius 3 is 3.00 bits per heavy atom. The van der Waals surface area contributed by atoms with Crippen LogP contribution in [0.2, 0.25) is 0 Å². The molecule has 0 radical (unpaired) electrons. The minimum atomic E-state index is 0.564. The topological polar surface area (TPSA) is 12.0 Å². The predicted octanol–water partition coefficient (Wildman–Crippen LogP) is 3.95. The summed E-state index contributed by atoms with van der Waals surface area (Å²) in [6.07, 6.45) is 4.22. The summed E-state index contributed by atoms with van der Waals surface area (Å²) in [5.74, 6) is 0. The Morgan fingerprint density at radius 2 is 2.43 bits per heavy atom. The summed E-state index contributed by atoms with van der Waals surface area (Å²) >= 11 is 5.25. The van der Waals surface area contributed by atoms with Gasteiger partial charge in [0.05, 0.1) is 3.79 Å². The van der Waals surface area contributed by atoms with Crippen LogP contribution in [0.15, 0.2) is 28.6 Å². The molecule has 0 aromatic carbocycles. The molecule has 1 aromatic rings. The van der Waals surface area contributed by atoms with Crippen molar-refractivity contribution in [3.05, 3.63) is 33.5 Å². The summed E-state index contributed by atoms with van der Waals surface area (Å²) in [4.78, 5) is 1.38. The lowest BCUT2D eigenvalue weighted by molar-refractivity contribution is 0.521. The van der Waals surface area contributed by atoms with E-state index in [0.717, 1.165) is 19.4 Å². The number of thiophene rings is 1. The molecular formula is C11H16BrNS. The highest BCUT2D eigenvalue weighted by Gasteiger charge is 2.01. The third-order valence-electron chi connectivity index (χ3n) is 2.06. The SMILES string of the molecule is C=CCCC(C)NCc1ccc(Br)s1. The fourth-order valence-corrected chi connectivity index (χ4v) is 2.63. The van der Waals surface area contributed by atoms with Crippen molar-refractivity contribution in [1.29, 1.82) is 0 Å². The van der Waals surface area contributed by atoms with Crippen molar-refractivity contribution in [2.24, 2.45) is 0 Å². The van der Waals surface area contributed by atoms with Gasteiger partial charge in [0.15, 0.2) is 0 Å². The van der Waals surface area contributed by atoms with Gasteiger partial charge >= 0.3 is 0 Å². The van der Waals surface area contributed by atoms with E-state index in [9.17, 15) is 0 Å². The molecule has 0 fully saturated rings. The maximum absolute atomic E-state index is 3.72.